The number of aromatic nitrogens is 3. The molecule has 0 radical (unpaired) electrons. The van der Waals surface area contributed by atoms with E-state index in [-0.39, 0.29) is 11.7 Å². The maximum atomic E-state index is 12.1. The van der Waals surface area contributed by atoms with Gasteiger partial charge in [-0.15, -0.1) is 0 Å². The minimum Gasteiger partial charge on any atom is -0.393 e. The van der Waals surface area contributed by atoms with E-state index in [0.29, 0.717) is 17.4 Å². The average molecular weight is 308 g/mol. The fourth-order valence-corrected chi connectivity index (χ4v) is 3.61. The fraction of sp³-hybridized carbons (Fsp3) is 0.643. The number of aliphatic hydroxyl groups is 1. The number of nitrogens with zero attached hydrogens (tertiary/aromatic N) is 4. The molecule has 1 aliphatic heterocycles. The zero-order valence-electron chi connectivity index (χ0n) is 12.3. The summed E-state index contributed by atoms with van der Waals surface area (Å²) in [5, 5.41) is 14.8. The van der Waals surface area contributed by atoms with Gasteiger partial charge in [0, 0.05) is 19.2 Å². The standard InChI is InChI=1S/C14H20N4O2S/c1-3-12-16-18-13(20)6-11(15-14(18)21-12)8-17-5-4-10(7-17)9(2)19/h6,9-10,19H,3-5,7-8H2,1-2H3. The Hall–Kier alpha value is -1.31. The summed E-state index contributed by atoms with van der Waals surface area (Å²) in [5.74, 6) is 0.324. The lowest BCUT2D eigenvalue weighted by Crippen LogP contribution is -2.25. The number of hydrogen-bond donors (Lipinski definition) is 1. The van der Waals surface area contributed by atoms with E-state index in [4.69, 9.17) is 0 Å². The molecule has 0 amide bonds. The Morgan fingerprint density at radius 1 is 1.57 bits per heavy atom. The first-order valence-electron chi connectivity index (χ1n) is 7.36. The fourth-order valence-electron chi connectivity index (χ4n) is 2.75. The van der Waals surface area contributed by atoms with E-state index in [1.54, 1.807) is 6.07 Å². The van der Waals surface area contributed by atoms with Crippen LogP contribution in [0.25, 0.3) is 4.96 Å². The quantitative estimate of drug-likeness (QED) is 0.909. The lowest BCUT2D eigenvalue weighted by molar-refractivity contribution is 0.127. The highest BCUT2D eigenvalue weighted by Gasteiger charge is 2.26. The Morgan fingerprint density at radius 2 is 2.38 bits per heavy atom. The van der Waals surface area contributed by atoms with Gasteiger partial charge in [0.2, 0.25) is 4.96 Å². The molecule has 0 saturated carbocycles. The molecule has 7 heteroatoms. The molecule has 0 aromatic carbocycles. The second-order valence-electron chi connectivity index (χ2n) is 5.65. The summed E-state index contributed by atoms with van der Waals surface area (Å²) >= 11 is 1.47. The van der Waals surface area contributed by atoms with Gasteiger partial charge in [-0.3, -0.25) is 9.69 Å². The first-order chi connectivity index (χ1) is 10.1. The Kier molecular flexibility index (Phi) is 4.05. The molecule has 0 spiro atoms. The minimum atomic E-state index is -0.273. The lowest BCUT2D eigenvalue weighted by atomic mass is 10.0. The number of aliphatic hydroxyl groups excluding tert-OH is 1. The molecule has 0 bridgehead atoms. The summed E-state index contributed by atoms with van der Waals surface area (Å²) in [6, 6.07) is 1.57. The average Bonchev–Trinajstić information content (AvgIpc) is 3.05. The summed E-state index contributed by atoms with van der Waals surface area (Å²) in [5.41, 5.74) is 0.676. The third-order valence-corrected chi connectivity index (χ3v) is 5.07. The highest BCUT2D eigenvalue weighted by molar-refractivity contribution is 7.16. The van der Waals surface area contributed by atoms with Crippen molar-refractivity contribution in [3.63, 3.8) is 0 Å². The Labute approximate surface area is 127 Å². The van der Waals surface area contributed by atoms with Gasteiger partial charge in [-0.2, -0.15) is 9.61 Å². The predicted molar refractivity (Wildman–Crippen MR) is 81.6 cm³/mol. The van der Waals surface area contributed by atoms with Crippen LogP contribution in [0.4, 0.5) is 0 Å². The van der Waals surface area contributed by atoms with Crippen LogP contribution in [0, 0.1) is 5.92 Å². The highest BCUT2D eigenvalue weighted by Crippen LogP contribution is 2.21. The molecule has 3 rings (SSSR count). The molecular formula is C14H20N4O2S. The van der Waals surface area contributed by atoms with E-state index in [1.165, 1.54) is 15.9 Å². The molecule has 3 heterocycles. The number of aryl methyl sites for hydroxylation is 1. The number of hydrogen-bond acceptors (Lipinski definition) is 6. The molecule has 2 unspecified atom stereocenters. The summed E-state index contributed by atoms with van der Waals surface area (Å²) in [6.45, 7) is 6.33. The molecular weight excluding hydrogens is 288 g/mol. The Bertz CT molecular complexity index is 694. The SMILES string of the molecule is CCc1nn2c(=O)cc(CN3CCC(C(C)O)C3)nc2s1. The molecule has 1 aliphatic rings. The number of fused-ring (bicyclic) bond motifs is 1. The zero-order chi connectivity index (χ0) is 15.0. The van der Waals surface area contributed by atoms with Crippen molar-refractivity contribution in [1.82, 2.24) is 19.5 Å². The van der Waals surface area contributed by atoms with E-state index in [9.17, 15) is 9.90 Å². The van der Waals surface area contributed by atoms with Crippen LogP contribution in [-0.2, 0) is 13.0 Å². The van der Waals surface area contributed by atoms with Crippen LogP contribution >= 0.6 is 11.3 Å². The first-order valence-corrected chi connectivity index (χ1v) is 8.17. The van der Waals surface area contributed by atoms with Crippen LogP contribution < -0.4 is 5.56 Å². The summed E-state index contributed by atoms with van der Waals surface area (Å²) < 4.78 is 1.38. The van der Waals surface area contributed by atoms with E-state index in [1.807, 2.05) is 13.8 Å². The molecule has 2 aromatic heterocycles. The summed E-state index contributed by atoms with van der Waals surface area (Å²) in [6.07, 6.45) is 1.54. The van der Waals surface area contributed by atoms with Crippen LogP contribution in [0.2, 0.25) is 0 Å². The summed E-state index contributed by atoms with van der Waals surface area (Å²) in [7, 11) is 0. The van der Waals surface area contributed by atoms with Gasteiger partial charge in [0.1, 0.15) is 5.01 Å². The van der Waals surface area contributed by atoms with Gasteiger partial charge >= 0.3 is 0 Å². The van der Waals surface area contributed by atoms with E-state index in [2.05, 4.69) is 15.0 Å². The molecule has 114 valence electrons. The van der Waals surface area contributed by atoms with Gasteiger partial charge in [-0.1, -0.05) is 18.3 Å². The van der Waals surface area contributed by atoms with E-state index < -0.39 is 0 Å². The maximum absolute atomic E-state index is 12.1. The van der Waals surface area contributed by atoms with Gasteiger partial charge in [0.05, 0.1) is 11.8 Å². The number of likely N-dealkylation sites (tertiary alicyclic amines) is 1. The van der Waals surface area contributed by atoms with Crippen molar-refractivity contribution in [1.29, 1.82) is 0 Å². The molecule has 1 N–H and O–H groups in total. The first kappa shape index (κ1) is 14.6. The molecule has 2 atom stereocenters. The molecule has 1 saturated heterocycles. The van der Waals surface area contributed by atoms with Gasteiger partial charge in [-0.25, -0.2) is 4.98 Å². The zero-order valence-corrected chi connectivity index (χ0v) is 13.1. The van der Waals surface area contributed by atoms with Gasteiger partial charge in [0.15, 0.2) is 0 Å². The highest BCUT2D eigenvalue weighted by atomic mass is 32.1. The van der Waals surface area contributed by atoms with Crippen molar-refractivity contribution in [3.8, 4) is 0 Å². The van der Waals surface area contributed by atoms with Crippen molar-refractivity contribution in [3.05, 3.63) is 27.1 Å². The van der Waals surface area contributed by atoms with E-state index in [0.717, 1.165) is 36.6 Å². The minimum absolute atomic E-state index is 0.114. The topological polar surface area (TPSA) is 70.7 Å². The number of rotatable bonds is 4. The third-order valence-electron chi connectivity index (χ3n) is 4.02. The predicted octanol–water partition coefficient (Wildman–Crippen LogP) is 0.916. The normalized spacial score (nSPS) is 21.2. The molecule has 21 heavy (non-hydrogen) atoms. The van der Waals surface area contributed by atoms with Crippen LogP contribution in [0.5, 0.6) is 0 Å². The van der Waals surface area contributed by atoms with Gasteiger partial charge in [-0.05, 0) is 32.2 Å². The van der Waals surface area contributed by atoms with Crippen molar-refractivity contribution in [2.24, 2.45) is 5.92 Å². The molecule has 0 aliphatic carbocycles. The van der Waals surface area contributed by atoms with Crippen molar-refractivity contribution in [2.75, 3.05) is 13.1 Å². The largest absolute Gasteiger partial charge is 0.393 e. The lowest BCUT2D eigenvalue weighted by Gasteiger charge is -2.16. The smallest absolute Gasteiger partial charge is 0.275 e. The van der Waals surface area contributed by atoms with Crippen LogP contribution in [0.3, 0.4) is 0 Å². The second-order valence-corrected chi connectivity index (χ2v) is 6.69. The monoisotopic (exact) mass is 308 g/mol. The second kappa shape index (κ2) is 5.82. The van der Waals surface area contributed by atoms with E-state index >= 15 is 0 Å². The van der Waals surface area contributed by atoms with Crippen molar-refractivity contribution in [2.45, 2.75) is 39.3 Å². The Morgan fingerprint density at radius 3 is 3.05 bits per heavy atom. The van der Waals surface area contributed by atoms with Gasteiger partial charge in [0.25, 0.3) is 5.56 Å². The molecule has 2 aromatic rings. The van der Waals surface area contributed by atoms with Crippen LogP contribution in [0.15, 0.2) is 10.9 Å². The van der Waals surface area contributed by atoms with Crippen LogP contribution in [0.1, 0.15) is 31.0 Å². The molecule has 6 nitrogen and oxygen atoms in total. The van der Waals surface area contributed by atoms with Gasteiger partial charge < -0.3 is 5.11 Å². The maximum Gasteiger partial charge on any atom is 0.275 e. The van der Waals surface area contributed by atoms with Crippen molar-refractivity contribution < 1.29 is 5.11 Å². The Balaban J connectivity index is 1.80. The van der Waals surface area contributed by atoms with Crippen LogP contribution in [-0.4, -0.2) is 43.8 Å². The molecule has 1 fully saturated rings. The van der Waals surface area contributed by atoms with Crippen molar-refractivity contribution >= 4 is 16.3 Å². The summed E-state index contributed by atoms with van der Waals surface area (Å²) in [4.78, 5) is 19.6. The third kappa shape index (κ3) is 3.00.